The van der Waals surface area contributed by atoms with Crippen LogP contribution in [0.25, 0.3) is 0 Å². The molecule has 1 aromatic carbocycles. The molecular weight excluding hydrogens is 544 g/mol. The van der Waals surface area contributed by atoms with Crippen molar-refractivity contribution in [2.24, 2.45) is 17.3 Å². The molecule has 2 saturated carbocycles. The Balaban J connectivity index is 1.86. The lowest BCUT2D eigenvalue weighted by molar-refractivity contribution is -0.363. The SMILES string of the molecule is CC[C@@]1(OC(=O)c2ccccc2)[C@@H]2[C@]3(OC(C)=O)CO[C@@H]3C[C@H](O)[C@@]2(C)C(=O)[C@H](OC(C)=O)C2=C(C)CC[C@]1(O)[C@@H]2C. The average molecular weight is 585 g/mol. The van der Waals surface area contributed by atoms with E-state index in [0.29, 0.717) is 12.0 Å². The Bertz CT molecular complexity index is 1340. The van der Waals surface area contributed by atoms with E-state index in [1.54, 1.807) is 44.2 Å². The van der Waals surface area contributed by atoms with Gasteiger partial charge in [-0.2, -0.15) is 0 Å². The maximum absolute atomic E-state index is 14.9. The van der Waals surface area contributed by atoms with Gasteiger partial charge >= 0.3 is 17.9 Å². The van der Waals surface area contributed by atoms with E-state index >= 15 is 0 Å². The summed E-state index contributed by atoms with van der Waals surface area (Å²) in [5, 5.41) is 24.8. The Morgan fingerprint density at radius 3 is 2.31 bits per heavy atom. The van der Waals surface area contributed by atoms with Gasteiger partial charge in [0, 0.05) is 26.2 Å². The van der Waals surface area contributed by atoms with Gasteiger partial charge < -0.3 is 29.2 Å². The third-order valence-electron chi connectivity index (χ3n) is 10.5. The third kappa shape index (κ3) is 4.02. The van der Waals surface area contributed by atoms with Crippen LogP contribution in [0.4, 0.5) is 0 Å². The van der Waals surface area contributed by atoms with E-state index in [9.17, 15) is 29.4 Å². The van der Waals surface area contributed by atoms with Crippen LogP contribution in [-0.4, -0.2) is 75.6 Å². The molecule has 10 heteroatoms. The Kier molecular flexibility index (Phi) is 7.43. The van der Waals surface area contributed by atoms with Crippen LogP contribution in [0.5, 0.6) is 0 Å². The minimum Gasteiger partial charge on any atom is -0.453 e. The number of aliphatic hydroxyl groups excluding tert-OH is 1. The number of aliphatic hydroxyl groups is 2. The fourth-order valence-electron chi connectivity index (χ4n) is 8.54. The number of carbonyl (C=O) groups is 4. The maximum atomic E-state index is 14.9. The normalized spacial score (nSPS) is 40.9. The number of ketones is 1. The molecule has 0 amide bonds. The van der Waals surface area contributed by atoms with Gasteiger partial charge in [0.15, 0.2) is 17.5 Å². The molecule has 42 heavy (non-hydrogen) atoms. The number of hydrogen-bond acceptors (Lipinski definition) is 10. The lowest BCUT2D eigenvalue weighted by Crippen LogP contribution is -2.84. The first-order chi connectivity index (χ1) is 19.7. The largest absolute Gasteiger partial charge is 0.453 e. The Hall–Kier alpha value is -3.08. The zero-order valence-electron chi connectivity index (χ0n) is 25.0. The van der Waals surface area contributed by atoms with Crippen molar-refractivity contribution < 1.29 is 48.3 Å². The van der Waals surface area contributed by atoms with E-state index < -0.39 is 76.1 Å². The van der Waals surface area contributed by atoms with Crippen molar-refractivity contribution in [3.8, 4) is 0 Å². The van der Waals surface area contributed by atoms with Gasteiger partial charge in [-0.05, 0) is 50.8 Å². The molecule has 3 fully saturated rings. The number of esters is 3. The van der Waals surface area contributed by atoms with Crippen LogP contribution < -0.4 is 0 Å². The minimum absolute atomic E-state index is 0.0208. The lowest BCUT2D eigenvalue weighted by Gasteiger charge is -2.69. The summed E-state index contributed by atoms with van der Waals surface area (Å²) in [4.78, 5) is 53.9. The van der Waals surface area contributed by atoms with Gasteiger partial charge in [0.05, 0.1) is 29.6 Å². The van der Waals surface area contributed by atoms with Crippen molar-refractivity contribution in [2.45, 2.75) is 102 Å². The number of carbonyl (C=O) groups excluding carboxylic acids is 4. The molecule has 1 aliphatic heterocycles. The topological polar surface area (TPSA) is 146 Å². The van der Waals surface area contributed by atoms with E-state index in [0.717, 1.165) is 5.57 Å². The fourth-order valence-corrected chi connectivity index (χ4v) is 8.54. The van der Waals surface area contributed by atoms with E-state index in [1.807, 2.05) is 6.92 Å². The zero-order chi connectivity index (χ0) is 30.8. The first kappa shape index (κ1) is 30.4. The Labute approximate surface area is 245 Å². The van der Waals surface area contributed by atoms with Gasteiger partial charge in [-0.3, -0.25) is 14.4 Å². The number of rotatable bonds is 5. The molecule has 1 saturated heterocycles. The van der Waals surface area contributed by atoms with Gasteiger partial charge in [-0.1, -0.05) is 37.6 Å². The van der Waals surface area contributed by atoms with Crippen LogP contribution >= 0.6 is 0 Å². The smallest absolute Gasteiger partial charge is 0.338 e. The minimum atomic E-state index is -1.85. The van der Waals surface area contributed by atoms with Crippen molar-refractivity contribution in [3.63, 3.8) is 0 Å². The van der Waals surface area contributed by atoms with Gasteiger partial charge in [0.2, 0.25) is 0 Å². The monoisotopic (exact) mass is 584 g/mol. The van der Waals surface area contributed by atoms with Crippen molar-refractivity contribution in [1.29, 1.82) is 0 Å². The summed E-state index contributed by atoms with van der Waals surface area (Å²) in [6, 6.07) is 8.31. The summed E-state index contributed by atoms with van der Waals surface area (Å²) < 4.78 is 24.1. The quantitative estimate of drug-likeness (QED) is 0.301. The van der Waals surface area contributed by atoms with Crippen molar-refractivity contribution >= 4 is 23.7 Å². The second kappa shape index (κ2) is 10.3. The molecule has 0 unspecified atom stereocenters. The highest BCUT2D eigenvalue weighted by Crippen LogP contribution is 2.66. The predicted molar refractivity (Wildman–Crippen MR) is 148 cm³/mol. The van der Waals surface area contributed by atoms with Crippen molar-refractivity contribution in [2.75, 3.05) is 6.61 Å². The summed E-state index contributed by atoms with van der Waals surface area (Å²) in [5.41, 5.74) is -5.56. The molecule has 0 aromatic heterocycles. The molecule has 0 radical (unpaired) electrons. The van der Waals surface area contributed by atoms with Crippen molar-refractivity contribution in [3.05, 3.63) is 47.0 Å². The zero-order valence-corrected chi connectivity index (χ0v) is 25.0. The standard InChI is InChI=1S/C32H40O10/c1-7-32(42-27(37)21-11-9-8-10-12-21)28-29(6,22(35)15-23-30(28,16-39-23)41-20(5)34)26(36)25(40-19(4)33)24-17(2)13-14-31(32,38)18(24)3/h8-12,18,22-23,25,28,35,38H,7,13-16H2,1-6H3/t18-,22+,23-,25-,28+,29+,30+,31+,32-/m1/s1. The van der Waals surface area contributed by atoms with E-state index in [1.165, 1.54) is 20.8 Å². The summed E-state index contributed by atoms with van der Waals surface area (Å²) in [6.45, 7) is 9.16. The molecule has 1 heterocycles. The second-order valence-corrected chi connectivity index (χ2v) is 12.5. The van der Waals surface area contributed by atoms with Gasteiger partial charge in [0.25, 0.3) is 0 Å². The molecule has 9 atom stereocenters. The number of ether oxygens (including phenoxy) is 4. The Morgan fingerprint density at radius 2 is 1.76 bits per heavy atom. The lowest BCUT2D eigenvalue weighted by atomic mass is 9.42. The van der Waals surface area contributed by atoms with E-state index in [2.05, 4.69) is 0 Å². The fraction of sp³-hybridized carbons (Fsp3) is 0.625. The summed E-state index contributed by atoms with van der Waals surface area (Å²) >= 11 is 0. The van der Waals surface area contributed by atoms with Crippen LogP contribution in [0.1, 0.15) is 77.6 Å². The first-order valence-electron chi connectivity index (χ1n) is 14.6. The van der Waals surface area contributed by atoms with Crippen molar-refractivity contribution in [1.82, 2.24) is 0 Å². The number of Topliss-reactive ketones (excluding diaryl/α,β-unsaturated/α-hetero) is 1. The average Bonchev–Trinajstić information content (AvgIpc) is 2.94. The maximum Gasteiger partial charge on any atom is 0.338 e. The van der Waals surface area contributed by atoms with Gasteiger partial charge in [0.1, 0.15) is 17.3 Å². The molecule has 3 aliphatic carbocycles. The highest BCUT2D eigenvalue weighted by molar-refractivity contribution is 5.95. The van der Waals surface area contributed by atoms with Crippen LogP contribution in [0.2, 0.25) is 0 Å². The molecule has 0 spiro atoms. The summed E-state index contributed by atoms with van der Waals surface area (Å²) in [6.07, 6.45) is -3.16. The predicted octanol–water partition coefficient (Wildman–Crippen LogP) is 3.07. The van der Waals surface area contributed by atoms with Crippen LogP contribution in [-0.2, 0) is 33.3 Å². The highest BCUT2D eigenvalue weighted by Gasteiger charge is 2.80. The summed E-state index contributed by atoms with van der Waals surface area (Å²) in [5.74, 6) is -4.76. The second-order valence-electron chi connectivity index (χ2n) is 12.5. The molecule has 5 rings (SSSR count). The Morgan fingerprint density at radius 1 is 1.10 bits per heavy atom. The molecule has 228 valence electrons. The van der Waals surface area contributed by atoms with E-state index in [-0.39, 0.29) is 31.4 Å². The molecule has 10 nitrogen and oxygen atoms in total. The third-order valence-corrected chi connectivity index (χ3v) is 10.5. The number of fused-ring (bicyclic) bond motifs is 5. The molecule has 2 bridgehead atoms. The summed E-state index contributed by atoms with van der Waals surface area (Å²) in [7, 11) is 0. The number of allylic oxidation sites excluding steroid dienone is 1. The van der Waals surface area contributed by atoms with E-state index in [4.69, 9.17) is 18.9 Å². The number of benzene rings is 1. The van der Waals surface area contributed by atoms with Gasteiger partial charge in [-0.15, -0.1) is 0 Å². The first-order valence-corrected chi connectivity index (χ1v) is 14.6. The molecular formula is C32H40O10. The van der Waals surface area contributed by atoms with Crippen LogP contribution in [0.3, 0.4) is 0 Å². The van der Waals surface area contributed by atoms with Gasteiger partial charge in [-0.25, -0.2) is 4.79 Å². The number of hydrogen-bond donors (Lipinski definition) is 2. The molecule has 4 aliphatic rings. The van der Waals surface area contributed by atoms with Crippen LogP contribution in [0, 0.1) is 17.3 Å². The molecule has 2 N–H and O–H groups in total. The van der Waals surface area contributed by atoms with Crippen LogP contribution in [0.15, 0.2) is 41.5 Å². The highest BCUT2D eigenvalue weighted by atomic mass is 16.6. The molecule has 1 aromatic rings.